The van der Waals surface area contributed by atoms with E-state index in [2.05, 4.69) is 0 Å². The van der Waals surface area contributed by atoms with Crippen LogP contribution >= 0.6 is 0 Å². The number of nitriles is 1. The molecule has 0 bridgehead atoms. The quantitative estimate of drug-likeness (QED) is 0.739. The van der Waals surface area contributed by atoms with Crippen LogP contribution in [-0.4, -0.2) is 14.2 Å². The van der Waals surface area contributed by atoms with Crippen LogP contribution < -0.4 is 0 Å². The summed E-state index contributed by atoms with van der Waals surface area (Å²) in [6.45, 7) is 1.79. The molecule has 0 saturated heterocycles. The first-order valence-corrected chi connectivity index (χ1v) is 6.88. The summed E-state index contributed by atoms with van der Waals surface area (Å²) < 4.78 is 23.9. The molecule has 4 heteroatoms. The minimum absolute atomic E-state index is 0.125. The van der Waals surface area contributed by atoms with E-state index in [9.17, 15) is 8.42 Å². The molecule has 86 valence electrons. The largest absolute Gasteiger partial charge is 0.224 e. The van der Waals surface area contributed by atoms with E-state index in [-0.39, 0.29) is 5.75 Å². The molecule has 0 aliphatic heterocycles. The fraction of sp³-hybridized carbons (Fsp3) is 0.417. The second-order valence-electron chi connectivity index (χ2n) is 3.70. The second kappa shape index (κ2) is 5.66. The van der Waals surface area contributed by atoms with E-state index in [1.807, 2.05) is 12.1 Å². The molecule has 1 aromatic carbocycles. The van der Waals surface area contributed by atoms with Crippen molar-refractivity contribution >= 4 is 9.84 Å². The summed E-state index contributed by atoms with van der Waals surface area (Å²) in [6.07, 6.45) is 1.61. The van der Waals surface area contributed by atoms with Gasteiger partial charge in [0.05, 0.1) is 16.7 Å². The molecule has 0 N–H and O–H groups in total. The lowest BCUT2D eigenvalue weighted by molar-refractivity contribution is 0.591. The first-order valence-electron chi connectivity index (χ1n) is 5.23. The zero-order chi connectivity index (χ0) is 12.0. The van der Waals surface area contributed by atoms with Crippen molar-refractivity contribution in [2.24, 2.45) is 0 Å². The summed E-state index contributed by atoms with van der Waals surface area (Å²) in [4.78, 5) is 0.409. The van der Waals surface area contributed by atoms with Crippen LogP contribution in [0, 0.1) is 18.3 Å². The molecule has 0 saturated carbocycles. The van der Waals surface area contributed by atoms with Gasteiger partial charge in [-0.05, 0) is 31.4 Å². The molecule has 0 fully saturated rings. The van der Waals surface area contributed by atoms with Crippen LogP contribution in [0.25, 0.3) is 0 Å². The molecule has 1 aromatic rings. The molecule has 0 aliphatic carbocycles. The Hall–Kier alpha value is -1.34. The highest BCUT2D eigenvalue weighted by atomic mass is 32.2. The Morgan fingerprint density at radius 1 is 1.25 bits per heavy atom. The Bertz CT molecular complexity index is 486. The number of hydrogen-bond acceptors (Lipinski definition) is 3. The molecular formula is C12H15NO2S. The maximum atomic E-state index is 11.9. The van der Waals surface area contributed by atoms with Crippen molar-refractivity contribution in [1.29, 1.82) is 5.26 Å². The van der Waals surface area contributed by atoms with Crippen LogP contribution in [0.5, 0.6) is 0 Å². The zero-order valence-corrected chi connectivity index (χ0v) is 10.1. The minimum Gasteiger partial charge on any atom is -0.224 e. The molecule has 16 heavy (non-hydrogen) atoms. The van der Waals surface area contributed by atoms with E-state index in [1.54, 1.807) is 25.1 Å². The maximum absolute atomic E-state index is 11.9. The Kier molecular flexibility index (Phi) is 4.51. The Labute approximate surface area is 96.6 Å². The third-order valence-corrected chi connectivity index (χ3v) is 4.33. The molecule has 1 rings (SSSR count). The summed E-state index contributed by atoms with van der Waals surface area (Å²) in [5.41, 5.74) is 0.780. The minimum atomic E-state index is -3.18. The smallest absolute Gasteiger partial charge is 0.178 e. The number of nitrogens with zero attached hydrogens (tertiary/aromatic N) is 1. The molecule has 3 nitrogen and oxygen atoms in total. The van der Waals surface area contributed by atoms with E-state index in [1.165, 1.54) is 0 Å². The third-order valence-electron chi connectivity index (χ3n) is 2.38. The molecule has 0 radical (unpaired) electrons. The lowest BCUT2D eigenvalue weighted by Crippen LogP contribution is -2.08. The standard InChI is InChI=1S/C12H15NO2S/c1-11-7-3-4-8-12(11)16(14,15)10-6-2-5-9-13/h3-4,7-8H,2,5-6,10H2,1H3. The average Bonchev–Trinajstić information content (AvgIpc) is 2.25. The van der Waals surface area contributed by atoms with Crippen LogP contribution in [-0.2, 0) is 9.84 Å². The lowest BCUT2D eigenvalue weighted by atomic mass is 10.2. The van der Waals surface area contributed by atoms with Gasteiger partial charge in [-0.2, -0.15) is 5.26 Å². The van der Waals surface area contributed by atoms with E-state index >= 15 is 0 Å². The van der Waals surface area contributed by atoms with Crippen molar-refractivity contribution in [2.45, 2.75) is 31.1 Å². The molecule has 0 aromatic heterocycles. The van der Waals surface area contributed by atoms with Gasteiger partial charge in [0.1, 0.15) is 0 Å². The summed E-state index contributed by atoms with van der Waals surface area (Å²) >= 11 is 0. The van der Waals surface area contributed by atoms with Crippen LogP contribution in [0.3, 0.4) is 0 Å². The zero-order valence-electron chi connectivity index (χ0n) is 9.31. The molecule has 0 heterocycles. The van der Waals surface area contributed by atoms with E-state index in [4.69, 9.17) is 5.26 Å². The van der Waals surface area contributed by atoms with Crippen molar-refractivity contribution < 1.29 is 8.42 Å². The van der Waals surface area contributed by atoms with Crippen LogP contribution in [0.1, 0.15) is 24.8 Å². The van der Waals surface area contributed by atoms with E-state index in [0.717, 1.165) is 5.56 Å². The highest BCUT2D eigenvalue weighted by molar-refractivity contribution is 7.91. The Balaban J connectivity index is 2.72. The van der Waals surface area contributed by atoms with Gasteiger partial charge in [0.25, 0.3) is 0 Å². The fourth-order valence-corrected chi connectivity index (χ4v) is 3.16. The molecular weight excluding hydrogens is 222 g/mol. The van der Waals surface area contributed by atoms with Crippen molar-refractivity contribution in [3.8, 4) is 6.07 Å². The molecule has 0 unspecified atom stereocenters. The van der Waals surface area contributed by atoms with E-state index < -0.39 is 9.84 Å². The van der Waals surface area contributed by atoms with Gasteiger partial charge in [0.15, 0.2) is 9.84 Å². The number of rotatable bonds is 5. The fourth-order valence-electron chi connectivity index (χ4n) is 1.51. The van der Waals surface area contributed by atoms with Crippen molar-refractivity contribution in [2.75, 3.05) is 5.75 Å². The predicted octanol–water partition coefficient (Wildman–Crippen LogP) is 2.46. The van der Waals surface area contributed by atoms with Crippen LogP contribution in [0.15, 0.2) is 29.2 Å². The Morgan fingerprint density at radius 2 is 1.94 bits per heavy atom. The first-order chi connectivity index (χ1) is 7.58. The van der Waals surface area contributed by atoms with Crippen molar-refractivity contribution in [3.05, 3.63) is 29.8 Å². The van der Waals surface area contributed by atoms with E-state index in [0.29, 0.717) is 24.2 Å². The molecule has 0 atom stereocenters. The normalized spacial score (nSPS) is 11.0. The Morgan fingerprint density at radius 3 is 2.56 bits per heavy atom. The summed E-state index contributed by atoms with van der Waals surface area (Å²) in [6, 6.07) is 8.99. The number of aryl methyl sites for hydroxylation is 1. The summed E-state index contributed by atoms with van der Waals surface area (Å²) in [7, 11) is -3.18. The average molecular weight is 237 g/mol. The predicted molar refractivity (Wildman–Crippen MR) is 62.7 cm³/mol. The third kappa shape index (κ3) is 3.35. The molecule has 0 spiro atoms. The monoisotopic (exact) mass is 237 g/mol. The van der Waals surface area contributed by atoms with Crippen LogP contribution in [0.2, 0.25) is 0 Å². The highest BCUT2D eigenvalue weighted by Gasteiger charge is 2.15. The van der Waals surface area contributed by atoms with Gasteiger partial charge in [0.2, 0.25) is 0 Å². The molecule has 0 amide bonds. The number of benzene rings is 1. The summed E-state index contributed by atoms with van der Waals surface area (Å²) in [5.74, 6) is 0.125. The first kappa shape index (κ1) is 12.7. The number of unbranched alkanes of at least 4 members (excludes halogenated alkanes) is 2. The van der Waals surface area contributed by atoms with Crippen LogP contribution in [0.4, 0.5) is 0 Å². The van der Waals surface area contributed by atoms with Crippen molar-refractivity contribution in [3.63, 3.8) is 0 Å². The topological polar surface area (TPSA) is 57.9 Å². The molecule has 0 aliphatic rings. The number of hydrogen-bond donors (Lipinski definition) is 0. The number of sulfone groups is 1. The van der Waals surface area contributed by atoms with Gasteiger partial charge < -0.3 is 0 Å². The van der Waals surface area contributed by atoms with Gasteiger partial charge in [-0.15, -0.1) is 0 Å². The van der Waals surface area contributed by atoms with Gasteiger partial charge in [-0.1, -0.05) is 18.2 Å². The van der Waals surface area contributed by atoms with Gasteiger partial charge in [0, 0.05) is 6.42 Å². The van der Waals surface area contributed by atoms with Crippen molar-refractivity contribution in [1.82, 2.24) is 0 Å². The maximum Gasteiger partial charge on any atom is 0.178 e. The summed E-state index contributed by atoms with van der Waals surface area (Å²) in [5, 5.41) is 8.36. The van der Waals surface area contributed by atoms with Gasteiger partial charge in [-0.3, -0.25) is 0 Å². The highest BCUT2D eigenvalue weighted by Crippen LogP contribution is 2.17. The second-order valence-corrected chi connectivity index (χ2v) is 5.78. The van der Waals surface area contributed by atoms with Gasteiger partial charge >= 0.3 is 0 Å². The van der Waals surface area contributed by atoms with Gasteiger partial charge in [-0.25, -0.2) is 8.42 Å². The SMILES string of the molecule is Cc1ccccc1S(=O)(=O)CCCCC#N. The lowest BCUT2D eigenvalue weighted by Gasteiger charge is -2.06.